The van der Waals surface area contributed by atoms with Crippen molar-refractivity contribution in [2.75, 3.05) is 13.7 Å². The van der Waals surface area contributed by atoms with Gasteiger partial charge in [0, 0.05) is 18.0 Å². The van der Waals surface area contributed by atoms with E-state index in [-0.39, 0.29) is 5.92 Å². The van der Waals surface area contributed by atoms with Crippen LogP contribution in [0.4, 0.5) is 0 Å². The minimum Gasteiger partial charge on any atom is -0.507 e. The van der Waals surface area contributed by atoms with E-state index in [1.54, 1.807) is 7.11 Å². The van der Waals surface area contributed by atoms with E-state index in [0.29, 0.717) is 17.6 Å². The van der Waals surface area contributed by atoms with Crippen LogP contribution < -0.4 is 10.1 Å². The van der Waals surface area contributed by atoms with Gasteiger partial charge in [-0.05, 0) is 42.2 Å². The van der Waals surface area contributed by atoms with Gasteiger partial charge < -0.3 is 15.2 Å². The molecule has 0 saturated carbocycles. The number of allylic oxidation sites excluding steroid dienone is 1. The number of benzene rings is 1. The summed E-state index contributed by atoms with van der Waals surface area (Å²) in [7, 11) is 1.70. The van der Waals surface area contributed by atoms with E-state index in [4.69, 9.17) is 4.74 Å². The maximum Gasteiger partial charge on any atom is 0.126 e. The molecule has 1 aliphatic heterocycles. The molecule has 0 bridgehead atoms. The Kier molecular flexibility index (Phi) is 7.01. The van der Waals surface area contributed by atoms with Crippen molar-refractivity contribution in [3.8, 4) is 11.5 Å². The largest absolute Gasteiger partial charge is 0.507 e. The van der Waals surface area contributed by atoms with Gasteiger partial charge >= 0.3 is 0 Å². The van der Waals surface area contributed by atoms with Crippen LogP contribution in [0.15, 0.2) is 24.4 Å². The minimum atomic E-state index is 0.215. The van der Waals surface area contributed by atoms with Gasteiger partial charge in [0.2, 0.25) is 0 Å². The van der Waals surface area contributed by atoms with Crippen molar-refractivity contribution in [3.63, 3.8) is 0 Å². The van der Waals surface area contributed by atoms with Gasteiger partial charge in [0.15, 0.2) is 0 Å². The van der Waals surface area contributed by atoms with Gasteiger partial charge in [-0.3, -0.25) is 0 Å². The average Bonchev–Trinajstić information content (AvgIpc) is 2.61. The molecule has 3 nitrogen and oxygen atoms in total. The van der Waals surface area contributed by atoms with Gasteiger partial charge in [-0.1, -0.05) is 52.5 Å². The lowest BCUT2D eigenvalue weighted by molar-refractivity contribution is 0.388. The van der Waals surface area contributed by atoms with Crippen LogP contribution in [-0.4, -0.2) is 18.8 Å². The Bertz CT molecular complexity index is 553. The van der Waals surface area contributed by atoms with Crippen molar-refractivity contribution in [1.29, 1.82) is 0 Å². The number of methoxy groups -OCH3 is 1. The van der Waals surface area contributed by atoms with Crippen molar-refractivity contribution < 1.29 is 9.84 Å². The zero-order valence-corrected chi connectivity index (χ0v) is 15.6. The fourth-order valence-corrected chi connectivity index (χ4v) is 3.58. The third-order valence-corrected chi connectivity index (χ3v) is 5.42. The molecule has 1 aromatic carbocycles. The minimum absolute atomic E-state index is 0.215. The van der Waals surface area contributed by atoms with Crippen LogP contribution in [0.3, 0.4) is 0 Å². The molecule has 24 heavy (non-hydrogen) atoms. The van der Waals surface area contributed by atoms with E-state index in [1.807, 2.05) is 12.3 Å². The summed E-state index contributed by atoms with van der Waals surface area (Å²) in [4.78, 5) is 0. The zero-order valence-electron chi connectivity index (χ0n) is 15.6. The number of aromatic hydroxyl groups is 1. The first-order valence-electron chi connectivity index (χ1n) is 9.39. The zero-order chi connectivity index (χ0) is 17.5. The monoisotopic (exact) mass is 331 g/mol. The van der Waals surface area contributed by atoms with Crippen molar-refractivity contribution >= 4 is 0 Å². The Morgan fingerprint density at radius 1 is 1.29 bits per heavy atom. The van der Waals surface area contributed by atoms with E-state index in [2.05, 4.69) is 38.2 Å². The molecule has 0 aromatic heterocycles. The van der Waals surface area contributed by atoms with Crippen molar-refractivity contribution in [1.82, 2.24) is 5.32 Å². The molecule has 134 valence electrons. The van der Waals surface area contributed by atoms with Gasteiger partial charge in [0.05, 0.1) is 7.11 Å². The quantitative estimate of drug-likeness (QED) is 0.634. The summed E-state index contributed by atoms with van der Waals surface area (Å²) in [5.74, 6) is 2.42. The Morgan fingerprint density at radius 2 is 2.08 bits per heavy atom. The second-order valence-corrected chi connectivity index (χ2v) is 7.13. The third kappa shape index (κ3) is 4.46. The first-order chi connectivity index (χ1) is 11.6. The van der Waals surface area contributed by atoms with Crippen LogP contribution in [-0.2, 0) is 0 Å². The first-order valence-corrected chi connectivity index (χ1v) is 9.39. The molecule has 0 fully saturated rings. The van der Waals surface area contributed by atoms with E-state index in [0.717, 1.165) is 24.3 Å². The topological polar surface area (TPSA) is 41.5 Å². The predicted molar refractivity (Wildman–Crippen MR) is 101 cm³/mol. The van der Waals surface area contributed by atoms with Crippen molar-refractivity contribution in [2.45, 2.75) is 64.7 Å². The molecule has 2 rings (SSSR count). The molecule has 0 aliphatic carbocycles. The molecule has 0 saturated heterocycles. The van der Waals surface area contributed by atoms with Gasteiger partial charge in [0.25, 0.3) is 0 Å². The van der Waals surface area contributed by atoms with E-state index >= 15 is 0 Å². The highest BCUT2D eigenvalue weighted by Crippen LogP contribution is 2.41. The standard InChI is InChI=1S/C21H33NO2/c1-5-6-7-8-15(2)16(3)18-13-19(23)21(20(14-18)24-4)17-9-11-22-12-10-17/h9,11,13-17,22-23H,5-8,10,12H2,1-4H3. The molecule has 3 atom stereocenters. The van der Waals surface area contributed by atoms with Gasteiger partial charge in [-0.25, -0.2) is 0 Å². The van der Waals surface area contributed by atoms with E-state index < -0.39 is 0 Å². The Morgan fingerprint density at radius 3 is 2.71 bits per heavy atom. The number of hydrogen-bond donors (Lipinski definition) is 2. The number of phenols is 1. The summed E-state index contributed by atoms with van der Waals surface area (Å²) < 4.78 is 5.63. The Hall–Kier alpha value is -1.64. The summed E-state index contributed by atoms with van der Waals surface area (Å²) in [6.07, 6.45) is 10.1. The summed E-state index contributed by atoms with van der Waals surface area (Å²) in [5.41, 5.74) is 2.10. The van der Waals surface area contributed by atoms with E-state index in [1.165, 1.54) is 31.2 Å². The fraction of sp³-hybridized carbons (Fsp3) is 0.619. The normalized spacial score (nSPS) is 19.6. The second kappa shape index (κ2) is 9.00. The third-order valence-electron chi connectivity index (χ3n) is 5.42. The number of phenolic OH excluding ortho intramolecular Hbond substituents is 1. The van der Waals surface area contributed by atoms with Crippen molar-refractivity contribution in [3.05, 3.63) is 35.5 Å². The molecule has 3 heteroatoms. The summed E-state index contributed by atoms with van der Waals surface area (Å²) in [6, 6.07) is 4.08. The maximum atomic E-state index is 10.7. The SMILES string of the molecule is CCCCCC(C)C(C)c1cc(O)c(C2C=CNCC2)c(OC)c1. The van der Waals surface area contributed by atoms with Crippen LogP contribution >= 0.6 is 0 Å². The van der Waals surface area contributed by atoms with Gasteiger partial charge in [0.1, 0.15) is 11.5 Å². The lowest BCUT2D eigenvalue weighted by Crippen LogP contribution is -2.17. The lowest BCUT2D eigenvalue weighted by Gasteiger charge is -2.25. The fourth-order valence-electron chi connectivity index (χ4n) is 3.58. The molecule has 1 heterocycles. The van der Waals surface area contributed by atoms with Crippen LogP contribution in [0.25, 0.3) is 0 Å². The van der Waals surface area contributed by atoms with Gasteiger partial charge in [-0.2, -0.15) is 0 Å². The molecule has 1 aromatic rings. The van der Waals surface area contributed by atoms with E-state index in [9.17, 15) is 5.11 Å². The number of ether oxygens (including phenoxy) is 1. The number of nitrogens with one attached hydrogen (secondary N) is 1. The molecule has 2 N–H and O–H groups in total. The molecular formula is C21H33NO2. The lowest BCUT2D eigenvalue weighted by atomic mass is 9.83. The molecule has 0 radical (unpaired) electrons. The Balaban J connectivity index is 2.21. The predicted octanol–water partition coefficient (Wildman–Crippen LogP) is 5.31. The molecule has 1 aliphatic rings. The van der Waals surface area contributed by atoms with Crippen LogP contribution in [0.5, 0.6) is 11.5 Å². The van der Waals surface area contributed by atoms with Crippen LogP contribution in [0.1, 0.15) is 75.8 Å². The van der Waals surface area contributed by atoms with Gasteiger partial charge in [-0.15, -0.1) is 0 Å². The Labute approximate surface area is 147 Å². The first kappa shape index (κ1) is 18.7. The van der Waals surface area contributed by atoms with Crippen LogP contribution in [0, 0.1) is 5.92 Å². The average molecular weight is 332 g/mol. The second-order valence-electron chi connectivity index (χ2n) is 7.13. The number of unbranched alkanes of at least 4 members (excludes halogenated alkanes) is 2. The highest BCUT2D eigenvalue weighted by Gasteiger charge is 2.23. The van der Waals surface area contributed by atoms with Crippen LogP contribution in [0.2, 0.25) is 0 Å². The summed E-state index contributed by atoms with van der Waals surface area (Å²) in [6.45, 7) is 7.74. The summed E-state index contributed by atoms with van der Waals surface area (Å²) in [5, 5.41) is 13.9. The molecule has 3 unspecified atom stereocenters. The molecular weight excluding hydrogens is 298 g/mol. The summed E-state index contributed by atoms with van der Waals surface area (Å²) >= 11 is 0. The highest BCUT2D eigenvalue weighted by molar-refractivity contribution is 5.51. The van der Waals surface area contributed by atoms with Crippen molar-refractivity contribution in [2.24, 2.45) is 5.92 Å². The number of hydrogen-bond acceptors (Lipinski definition) is 3. The smallest absolute Gasteiger partial charge is 0.126 e. The molecule has 0 spiro atoms. The number of rotatable bonds is 8. The maximum absolute atomic E-state index is 10.7. The highest BCUT2D eigenvalue weighted by atomic mass is 16.5. The molecule has 0 amide bonds.